The van der Waals surface area contributed by atoms with Crippen LogP contribution in [-0.4, -0.2) is 48.7 Å². The summed E-state index contributed by atoms with van der Waals surface area (Å²) >= 11 is 0. The zero-order valence-electron chi connectivity index (χ0n) is 10.5. The molecule has 0 fully saturated rings. The predicted octanol–water partition coefficient (Wildman–Crippen LogP) is 0.461. The third-order valence-electron chi connectivity index (χ3n) is 2.54. The molecule has 15 heavy (non-hydrogen) atoms. The maximum Gasteiger partial charge on any atom is 0.239 e. The van der Waals surface area contributed by atoms with Gasteiger partial charge in [0.05, 0.1) is 6.04 Å². The van der Waals surface area contributed by atoms with Crippen molar-refractivity contribution in [3.63, 3.8) is 0 Å². The summed E-state index contributed by atoms with van der Waals surface area (Å²) in [5.41, 5.74) is -0.181. The molecule has 1 amide bonds. The van der Waals surface area contributed by atoms with Gasteiger partial charge in [-0.05, 0) is 13.8 Å². The normalized spacial score (nSPS) is 13.7. The number of amides is 1. The number of aliphatic hydroxyl groups excluding tert-OH is 1. The number of hydrogen-bond acceptors (Lipinski definition) is 3. The molecule has 0 aromatic carbocycles. The Balaban J connectivity index is 4.04. The van der Waals surface area contributed by atoms with Gasteiger partial charge in [-0.15, -0.1) is 0 Å². The standard InChI is InChI=1S/C11H24N2O2/c1-6-13(5)10(15)9(2)12-7-11(3,4)8-14/h9,12,14H,6-8H2,1-5H3. The second kappa shape index (κ2) is 6.08. The molecule has 0 saturated carbocycles. The number of nitrogens with zero attached hydrogens (tertiary/aromatic N) is 1. The zero-order chi connectivity index (χ0) is 12.1. The molecule has 1 unspecified atom stereocenters. The minimum Gasteiger partial charge on any atom is -0.396 e. The molecule has 0 aromatic rings. The Morgan fingerprint density at radius 2 is 2.07 bits per heavy atom. The Hall–Kier alpha value is -0.610. The van der Waals surface area contributed by atoms with Crippen molar-refractivity contribution in [1.29, 1.82) is 0 Å². The number of likely N-dealkylation sites (N-methyl/N-ethyl adjacent to an activating group) is 1. The van der Waals surface area contributed by atoms with Crippen molar-refractivity contribution in [3.05, 3.63) is 0 Å². The Morgan fingerprint density at radius 3 is 2.47 bits per heavy atom. The summed E-state index contributed by atoms with van der Waals surface area (Å²) in [5.74, 6) is 0.0891. The summed E-state index contributed by atoms with van der Waals surface area (Å²) in [6.45, 7) is 9.18. The molecule has 0 aliphatic carbocycles. The van der Waals surface area contributed by atoms with Gasteiger partial charge >= 0.3 is 0 Å². The van der Waals surface area contributed by atoms with Gasteiger partial charge in [-0.3, -0.25) is 4.79 Å². The molecular weight excluding hydrogens is 192 g/mol. The van der Waals surface area contributed by atoms with Gasteiger partial charge in [-0.2, -0.15) is 0 Å². The largest absolute Gasteiger partial charge is 0.396 e. The molecule has 2 N–H and O–H groups in total. The minimum absolute atomic E-state index is 0.0891. The smallest absolute Gasteiger partial charge is 0.239 e. The lowest BCUT2D eigenvalue weighted by molar-refractivity contribution is -0.131. The topological polar surface area (TPSA) is 52.6 Å². The molecule has 0 aliphatic rings. The van der Waals surface area contributed by atoms with Gasteiger partial charge < -0.3 is 15.3 Å². The van der Waals surface area contributed by atoms with Gasteiger partial charge in [0.25, 0.3) is 0 Å². The SMILES string of the molecule is CCN(C)C(=O)C(C)NCC(C)(C)CO. The van der Waals surface area contributed by atoms with Crippen LogP contribution in [0.15, 0.2) is 0 Å². The highest BCUT2D eigenvalue weighted by atomic mass is 16.3. The van der Waals surface area contributed by atoms with Crippen molar-refractivity contribution in [1.82, 2.24) is 10.2 Å². The first-order chi connectivity index (χ1) is 6.84. The van der Waals surface area contributed by atoms with Gasteiger partial charge in [0.1, 0.15) is 0 Å². The lowest BCUT2D eigenvalue weighted by atomic mass is 9.94. The maximum atomic E-state index is 11.7. The predicted molar refractivity (Wildman–Crippen MR) is 61.6 cm³/mol. The first kappa shape index (κ1) is 14.4. The Kier molecular flexibility index (Phi) is 5.83. The fraction of sp³-hybridized carbons (Fsp3) is 0.909. The molecule has 90 valence electrons. The van der Waals surface area contributed by atoms with Crippen molar-refractivity contribution in [3.8, 4) is 0 Å². The Morgan fingerprint density at radius 1 is 1.53 bits per heavy atom. The van der Waals surface area contributed by atoms with E-state index in [9.17, 15) is 4.79 Å². The van der Waals surface area contributed by atoms with Crippen LogP contribution in [0.5, 0.6) is 0 Å². The van der Waals surface area contributed by atoms with Crippen LogP contribution < -0.4 is 5.32 Å². The highest BCUT2D eigenvalue weighted by Crippen LogP contribution is 2.11. The van der Waals surface area contributed by atoms with Gasteiger partial charge in [0.15, 0.2) is 0 Å². The van der Waals surface area contributed by atoms with Gasteiger partial charge in [0.2, 0.25) is 5.91 Å². The van der Waals surface area contributed by atoms with Crippen LogP contribution in [0.2, 0.25) is 0 Å². The van der Waals surface area contributed by atoms with E-state index >= 15 is 0 Å². The van der Waals surface area contributed by atoms with Crippen molar-refractivity contribution in [2.75, 3.05) is 26.7 Å². The van der Waals surface area contributed by atoms with Gasteiger partial charge in [0, 0.05) is 32.2 Å². The van der Waals surface area contributed by atoms with Crippen LogP contribution >= 0.6 is 0 Å². The highest BCUT2D eigenvalue weighted by Gasteiger charge is 2.21. The fourth-order valence-corrected chi connectivity index (χ4v) is 1.06. The number of aliphatic hydroxyl groups is 1. The summed E-state index contributed by atoms with van der Waals surface area (Å²) in [5, 5.41) is 12.2. The molecule has 0 aliphatic heterocycles. The van der Waals surface area contributed by atoms with E-state index in [0.29, 0.717) is 13.1 Å². The molecule has 0 bridgehead atoms. The molecular formula is C11H24N2O2. The van der Waals surface area contributed by atoms with Crippen molar-refractivity contribution in [2.45, 2.75) is 33.7 Å². The first-order valence-electron chi connectivity index (χ1n) is 5.43. The quantitative estimate of drug-likeness (QED) is 0.678. The molecule has 4 nitrogen and oxygen atoms in total. The third kappa shape index (κ3) is 5.14. The van der Waals surface area contributed by atoms with Crippen LogP contribution in [0.3, 0.4) is 0 Å². The van der Waals surface area contributed by atoms with Crippen molar-refractivity contribution >= 4 is 5.91 Å². The van der Waals surface area contributed by atoms with E-state index in [0.717, 1.165) is 0 Å². The molecule has 0 heterocycles. The highest BCUT2D eigenvalue weighted by molar-refractivity contribution is 5.81. The lowest BCUT2D eigenvalue weighted by Gasteiger charge is -2.26. The number of rotatable bonds is 6. The van der Waals surface area contributed by atoms with E-state index in [1.807, 2.05) is 27.7 Å². The van der Waals surface area contributed by atoms with E-state index in [-0.39, 0.29) is 24.0 Å². The van der Waals surface area contributed by atoms with Crippen molar-refractivity contribution in [2.24, 2.45) is 5.41 Å². The summed E-state index contributed by atoms with van der Waals surface area (Å²) in [7, 11) is 1.79. The molecule has 4 heteroatoms. The number of carbonyl (C=O) groups is 1. The van der Waals surface area contributed by atoms with Gasteiger partial charge in [-0.25, -0.2) is 0 Å². The molecule has 0 radical (unpaired) electrons. The van der Waals surface area contributed by atoms with Crippen LogP contribution in [0.25, 0.3) is 0 Å². The number of nitrogens with one attached hydrogen (secondary N) is 1. The zero-order valence-corrected chi connectivity index (χ0v) is 10.5. The molecule has 0 spiro atoms. The molecule has 0 aromatic heterocycles. The minimum atomic E-state index is -0.194. The molecule has 0 saturated heterocycles. The second-order valence-electron chi connectivity index (χ2n) is 4.78. The van der Waals surface area contributed by atoms with Gasteiger partial charge in [-0.1, -0.05) is 13.8 Å². The lowest BCUT2D eigenvalue weighted by Crippen LogP contribution is -2.46. The summed E-state index contributed by atoms with van der Waals surface area (Å²) in [6.07, 6.45) is 0. The summed E-state index contributed by atoms with van der Waals surface area (Å²) < 4.78 is 0. The summed E-state index contributed by atoms with van der Waals surface area (Å²) in [4.78, 5) is 13.4. The van der Waals surface area contributed by atoms with E-state index in [2.05, 4.69) is 5.32 Å². The van der Waals surface area contributed by atoms with Crippen LogP contribution in [-0.2, 0) is 4.79 Å². The Bertz CT molecular complexity index is 205. The average Bonchev–Trinajstić information content (AvgIpc) is 2.23. The first-order valence-corrected chi connectivity index (χ1v) is 5.43. The third-order valence-corrected chi connectivity index (χ3v) is 2.54. The average molecular weight is 216 g/mol. The van der Waals surface area contributed by atoms with Crippen LogP contribution in [0.4, 0.5) is 0 Å². The number of carbonyl (C=O) groups excluding carboxylic acids is 1. The van der Waals surface area contributed by atoms with E-state index in [1.54, 1.807) is 11.9 Å². The van der Waals surface area contributed by atoms with E-state index < -0.39 is 0 Å². The molecule has 0 rings (SSSR count). The van der Waals surface area contributed by atoms with Crippen LogP contribution in [0.1, 0.15) is 27.7 Å². The summed E-state index contributed by atoms with van der Waals surface area (Å²) in [6, 6.07) is -0.194. The number of hydrogen-bond donors (Lipinski definition) is 2. The maximum absolute atomic E-state index is 11.7. The van der Waals surface area contributed by atoms with Crippen molar-refractivity contribution < 1.29 is 9.90 Å². The van der Waals surface area contributed by atoms with E-state index in [1.165, 1.54) is 0 Å². The van der Waals surface area contributed by atoms with E-state index in [4.69, 9.17) is 5.11 Å². The Labute approximate surface area is 92.7 Å². The second-order valence-corrected chi connectivity index (χ2v) is 4.78. The fourth-order valence-electron chi connectivity index (χ4n) is 1.06. The molecule has 1 atom stereocenters. The van der Waals surface area contributed by atoms with Crippen LogP contribution in [0, 0.1) is 5.41 Å². The monoisotopic (exact) mass is 216 g/mol.